The van der Waals surface area contributed by atoms with Gasteiger partial charge in [0, 0.05) is 29.8 Å². The van der Waals surface area contributed by atoms with E-state index in [1.165, 1.54) is 5.56 Å². The lowest BCUT2D eigenvalue weighted by atomic mass is 10.1. The van der Waals surface area contributed by atoms with Crippen LogP contribution in [0.2, 0.25) is 0 Å². The maximum Gasteiger partial charge on any atom is 0.339 e. The summed E-state index contributed by atoms with van der Waals surface area (Å²) in [5.74, 6) is -0.341. The fraction of sp³-hybridized carbons (Fsp3) is 0.375. The topological polar surface area (TPSA) is 48.4 Å². The number of halogens is 1. The largest absolute Gasteiger partial charge is 0.462 e. The molecule has 4 nitrogen and oxygen atoms in total. The van der Waals surface area contributed by atoms with Crippen molar-refractivity contribution in [3.8, 4) is 0 Å². The highest BCUT2D eigenvalue weighted by molar-refractivity contribution is 9.10. The number of rotatable bonds is 6. The molecule has 1 aromatic heterocycles. The van der Waals surface area contributed by atoms with Crippen LogP contribution < -0.4 is 0 Å². The summed E-state index contributed by atoms with van der Waals surface area (Å²) in [5, 5.41) is 0.919. The van der Waals surface area contributed by atoms with Gasteiger partial charge in [0.05, 0.1) is 17.7 Å². The van der Waals surface area contributed by atoms with Crippen LogP contribution in [0.5, 0.6) is 0 Å². The van der Waals surface area contributed by atoms with Gasteiger partial charge in [-0.05, 0) is 47.3 Å². The molecule has 1 heterocycles. The standard InChI is InChI=1S/C16H18BrNO3/c1-3-21-16(19)13-9-12-7-6-11(5-4-8-20-2)14(17)15(12)18-10-13/h6-7,9-10H,3-5,8H2,1-2H3. The summed E-state index contributed by atoms with van der Waals surface area (Å²) in [7, 11) is 1.70. The number of pyridine rings is 1. The molecule has 0 spiro atoms. The number of fused-ring (bicyclic) bond motifs is 1. The van der Waals surface area contributed by atoms with Gasteiger partial charge in [-0.25, -0.2) is 4.79 Å². The Hall–Kier alpha value is -1.46. The SMILES string of the molecule is CCOC(=O)c1cnc2c(Br)c(CCCOC)ccc2c1. The maximum absolute atomic E-state index is 11.7. The van der Waals surface area contributed by atoms with Gasteiger partial charge in [-0.1, -0.05) is 12.1 Å². The van der Waals surface area contributed by atoms with Crippen molar-refractivity contribution in [3.05, 3.63) is 40.0 Å². The second kappa shape index (κ2) is 7.52. The average Bonchev–Trinajstić information content (AvgIpc) is 2.49. The zero-order chi connectivity index (χ0) is 15.2. The number of esters is 1. The van der Waals surface area contributed by atoms with Gasteiger partial charge in [0.15, 0.2) is 0 Å². The van der Waals surface area contributed by atoms with Crippen molar-refractivity contribution in [1.29, 1.82) is 0 Å². The predicted octanol–water partition coefficient (Wildman–Crippen LogP) is 3.75. The van der Waals surface area contributed by atoms with Crippen molar-refractivity contribution in [2.24, 2.45) is 0 Å². The van der Waals surface area contributed by atoms with Gasteiger partial charge in [-0.3, -0.25) is 4.98 Å². The van der Waals surface area contributed by atoms with E-state index < -0.39 is 0 Å². The molecule has 0 aliphatic heterocycles. The molecule has 1 aromatic carbocycles. The Morgan fingerprint density at radius 2 is 2.19 bits per heavy atom. The van der Waals surface area contributed by atoms with Crippen LogP contribution in [-0.2, 0) is 15.9 Å². The Labute approximate surface area is 132 Å². The second-order valence-corrected chi connectivity index (χ2v) is 5.44. The highest BCUT2D eigenvalue weighted by Crippen LogP contribution is 2.27. The number of carbonyl (C=O) groups excluding carboxylic acids is 1. The van der Waals surface area contributed by atoms with E-state index in [9.17, 15) is 4.79 Å². The van der Waals surface area contributed by atoms with Crippen molar-refractivity contribution in [3.63, 3.8) is 0 Å². The monoisotopic (exact) mass is 351 g/mol. The molecule has 0 N–H and O–H groups in total. The number of carbonyl (C=O) groups is 1. The van der Waals surface area contributed by atoms with E-state index in [0.717, 1.165) is 34.8 Å². The van der Waals surface area contributed by atoms with Gasteiger partial charge >= 0.3 is 5.97 Å². The molecule has 0 atom stereocenters. The number of benzene rings is 1. The lowest BCUT2D eigenvalue weighted by molar-refractivity contribution is 0.0526. The van der Waals surface area contributed by atoms with Crippen LogP contribution >= 0.6 is 15.9 Å². The molecule has 0 saturated carbocycles. The molecule has 21 heavy (non-hydrogen) atoms. The minimum absolute atomic E-state index is 0.341. The first-order chi connectivity index (χ1) is 10.2. The van der Waals surface area contributed by atoms with E-state index in [0.29, 0.717) is 12.2 Å². The van der Waals surface area contributed by atoms with E-state index >= 15 is 0 Å². The third-order valence-electron chi connectivity index (χ3n) is 3.18. The van der Waals surface area contributed by atoms with E-state index in [2.05, 4.69) is 27.0 Å². The molecule has 0 saturated heterocycles. The Morgan fingerprint density at radius 1 is 1.38 bits per heavy atom. The van der Waals surface area contributed by atoms with Crippen LogP contribution in [0.25, 0.3) is 10.9 Å². The minimum atomic E-state index is -0.341. The molecule has 0 fully saturated rings. The zero-order valence-corrected chi connectivity index (χ0v) is 13.8. The molecule has 112 valence electrons. The maximum atomic E-state index is 11.7. The van der Waals surface area contributed by atoms with Gasteiger partial charge < -0.3 is 9.47 Å². The minimum Gasteiger partial charge on any atom is -0.462 e. The molecular formula is C16H18BrNO3. The highest BCUT2D eigenvalue weighted by atomic mass is 79.9. The summed E-state index contributed by atoms with van der Waals surface area (Å²) in [4.78, 5) is 16.1. The number of ether oxygens (including phenoxy) is 2. The number of methoxy groups -OCH3 is 1. The van der Waals surface area contributed by atoms with E-state index in [1.807, 2.05) is 12.1 Å². The second-order valence-electron chi connectivity index (χ2n) is 4.65. The molecule has 5 heteroatoms. The Morgan fingerprint density at radius 3 is 2.90 bits per heavy atom. The molecule has 0 radical (unpaired) electrons. The van der Waals surface area contributed by atoms with Crippen molar-refractivity contribution in [2.75, 3.05) is 20.3 Å². The quantitative estimate of drug-likeness (QED) is 0.587. The van der Waals surface area contributed by atoms with Crippen LogP contribution in [0.4, 0.5) is 0 Å². The molecule has 2 rings (SSSR count). The third kappa shape index (κ3) is 3.80. The molecular weight excluding hydrogens is 334 g/mol. The Kier molecular flexibility index (Phi) is 5.70. The normalized spacial score (nSPS) is 10.8. The summed E-state index contributed by atoms with van der Waals surface area (Å²) in [6.07, 6.45) is 3.44. The summed E-state index contributed by atoms with van der Waals surface area (Å²) in [5.41, 5.74) is 2.53. The van der Waals surface area contributed by atoms with E-state index in [1.54, 1.807) is 20.2 Å². The van der Waals surface area contributed by atoms with E-state index in [-0.39, 0.29) is 5.97 Å². The number of aryl methyl sites for hydroxylation is 1. The zero-order valence-electron chi connectivity index (χ0n) is 12.2. The van der Waals surface area contributed by atoms with Gasteiger partial charge in [0.25, 0.3) is 0 Å². The smallest absolute Gasteiger partial charge is 0.339 e. The van der Waals surface area contributed by atoms with Gasteiger partial charge in [0.2, 0.25) is 0 Å². The lowest BCUT2D eigenvalue weighted by Gasteiger charge is -2.08. The fourth-order valence-electron chi connectivity index (χ4n) is 2.13. The highest BCUT2D eigenvalue weighted by Gasteiger charge is 2.11. The van der Waals surface area contributed by atoms with Crippen LogP contribution in [0.1, 0.15) is 29.3 Å². The number of hydrogen-bond acceptors (Lipinski definition) is 4. The van der Waals surface area contributed by atoms with Crippen LogP contribution in [0, 0.1) is 0 Å². The number of nitrogens with zero attached hydrogens (tertiary/aromatic N) is 1. The first-order valence-corrected chi connectivity index (χ1v) is 7.70. The average molecular weight is 352 g/mol. The summed E-state index contributed by atoms with van der Waals surface area (Å²) in [6, 6.07) is 5.85. The first-order valence-electron chi connectivity index (χ1n) is 6.90. The predicted molar refractivity (Wildman–Crippen MR) is 85.6 cm³/mol. The Balaban J connectivity index is 2.30. The fourth-order valence-corrected chi connectivity index (χ4v) is 2.80. The Bertz CT molecular complexity index is 643. The lowest BCUT2D eigenvalue weighted by Crippen LogP contribution is -2.05. The van der Waals surface area contributed by atoms with Crippen LogP contribution in [-0.4, -0.2) is 31.3 Å². The molecule has 0 aliphatic rings. The van der Waals surface area contributed by atoms with Crippen LogP contribution in [0.15, 0.2) is 28.9 Å². The molecule has 0 amide bonds. The molecule has 0 bridgehead atoms. The first kappa shape index (κ1) is 15.9. The summed E-state index contributed by atoms with van der Waals surface area (Å²) >= 11 is 3.61. The summed E-state index contributed by atoms with van der Waals surface area (Å²) in [6.45, 7) is 2.88. The number of hydrogen-bond donors (Lipinski definition) is 0. The third-order valence-corrected chi connectivity index (χ3v) is 4.06. The van der Waals surface area contributed by atoms with Crippen molar-refractivity contribution < 1.29 is 14.3 Å². The van der Waals surface area contributed by atoms with Gasteiger partial charge in [0.1, 0.15) is 0 Å². The summed E-state index contributed by atoms with van der Waals surface area (Å²) < 4.78 is 11.0. The van der Waals surface area contributed by atoms with Crippen molar-refractivity contribution in [1.82, 2.24) is 4.98 Å². The van der Waals surface area contributed by atoms with Crippen molar-refractivity contribution in [2.45, 2.75) is 19.8 Å². The molecule has 2 aromatic rings. The van der Waals surface area contributed by atoms with Gasteiger partial charge in [-0.15, -0.1) is 0 Å². The van der Waals surface area contributed by atoms with Gasteiger partial charge in [-0.2, -0.15) is 0 Å². The van der Waals surface area contributed by atoms with Crippen LogP contribution in [0.3, 0.4) is 0 Å². The molecule has 0 unspecified atom stereocenters. The molecule has 0 aliphatic carbocycles. The van der Waals surface area contributed by atoms with Crippen molar-refractivity contribution >= 4 is 32.8 Å². The van der Waals surface area contributed by atoms with E-state index in [4.69, 9.17) is 9.47 Å². The number of aromatic nitrogens is 1.